The van der Waals surface area contributed by atoms with Gasteiger partial charge in [0.2, 0.25) is 5.91 Å². The third-order valence-corrected chi connectivity index (χ3v) is 5.56. The number of amides is 3. The zero-order chi connectivity index (χ0) is 20.2. The summed E-state index contributed by atoms with van der Waals surface area (Å²) in [7, 11) is 0. The quantitative estimate of drug-likeness (QED) is 0.776. The second-order valence-corrected chi connectivity index (χ2v) is 7.79. The summed E-state index contributed by atoms with van der Waals surface area (Å²) < 4.78 is 11.1. The minimum atomic E-state index is -0.312. The first-order valence-electron chi connectivity index (χ1n) is 10.3. The Morgan fingerprint density at radius 1 is 1.07 bits per heavy atom. The van der Waals surface area contributed by atoms with Crippen LogP contribution in [0.4, 0.5) is 5.69 Å². The van der Waals surface area contributed by atoms with Crippen LogP contribution in [0.2, 0.25) is 0 Å². The van der Waals surface area contributed by atoms with Crippen LogP contribution >= 0.6 is 0 Å². The van der Waals surface area contributed by atoms with Crippen molar-refractivity contribution >= 4 is 23.4 Å². The van der Waals surface area contributed by atoms with Gasteiger partial charge in [0.1, 0.15) is 11.9 Å². The normalized spacial score (nSPS) is 21.7. The zero-order valence-corrected chi connectivity index (χ0v) is 16.5. The SMILES string of the molecule is O=C(Nc1cccc(OCC(=O)N2CCN(C(=O)C3CCCO3)CC2)c1)C1CC1. The van der Waals surface area contributed by atoms with E-state index >= 15 is 0 Å². The molecule has 0 spiro atoms. The van der Waals surface area contributed by atoms with E-state index in [9.17, 15) is 14.4 Å². The van der Waals surface area contributed by atoms with Crippen molar-refractivity contribution in [3.8, 4) is 5.75 Å². The Balaban J connectivity index is 1.22. The first-order chi connectivity index (χ1) is 14.1. The Morgan fingerprint density at radius 2 is 1.83 bits per heavy atom. The van der Waals surface area contributed by atoms with Gasteiger partial charge in [-0.15, -0.1) is 0 Å². The van der Waals surface area contributed by atoms with Gasteiger partial charge < -0.3 is 24.6 Å². The van der Waals surface area contributed by atoms with Crippen LogP contribution < -0.4 is 10.1 Å². The summed E-state index contributed by atoms with van der Waals surface area (Å²) in [5.74, 6) is 0.636. The molecule has 1 atom stereocenters. The van der Waals surface area contributed by atoms with Crippen LogP contribution in [0.15, 0.2) is 24.3 Å². The van der Waals surface area contributed by atoms with E-state index in [0.29, 0.717) is 44.2 Å². The number of benzene rings is 1. The molecule has 8 heteroatoms. The lowest BCUT2D eigenvalue weighted by molar-refractivity contribution is -0.146. The van der Waals surface area contributed by atoms with Gasteiger partial charge in [-0.2, -0.15) is 0 Å². The maximum Gasteiger partial charge on any atom is 0.260 e. The molecule has 1 N–H and O–H groups in total. The Morgan fingerprint density at radius 3 is 2.52 bits per heavy atom. The van der Waals surface area contributed by atoms with Gasteiger partial charge in [0.25, 0.3) is 11.8 Å². The van der Waals surface area contributed by atoms with E-state index < -0.39 is 0 Å². The third kappa shape index (κ3) is 5.06. The van der Waals surface area contributed by atoms with E-state index in [1.54, 1.807) is 34.1 Å². The summed E-state index contributed by atoms with van der Waals surface area (Å²) in [4.78, 5) is 40.2. The molecule has 1 aromatic rings. The lowest BCUT2D eigenvalue weighted by Gasteiger charge is -2.35. The third-order valence-electron chi connectivity index (χ3n) is 5.56. The molecule has 3 amide bonds. The fourth-order valence-electron chi connectivity index (χ4n) is 3.64. The number of nitrogens with zero attached hydrogens (tertiary/aromatic N) is 2. The van der Waals surface area contributed by atoms with Gasteiger partial charge in [-0.1, -0.05) is 6.07 Å². The number of anilines is 1. The van der Waals surface area contributed by atoms with E-state index in [4.69, 9.17) is 9.47 Å². The number of ether oxygens (including phenoxy) is 2. The summed E-state index contributed by atoms with van der Waals surface area (Å²) in [5, 5.41) is 2.87. The molecule has 1 aliphatic carbocycles. The molecule has 1 unspecified atom stereocenters. The summed E-state index contributed by atoms with van der Waals surface area (Å²) >= 11 is 0. The van der Waals surface area contributed by atoms with Crippen LogP contribution in [-0.2, 0) is 19.1 Å². The van der Waals surface area contributed by atoms with Crippen LogP contribution in [0.25, 0.3) is 0 Å². The highest BCUT2D eigenvalue weighted by atomic mass is 16.5. The number of hydrogen-bond donors (Lipinski definition) is 1. The second kappa shape index (κ2) is 8.82. The largest absolute Gasteiger partial charge is 0.484 e. The molecule has 29 heavy (non-hydrogen) atoms. The van der Waals surface area contributed by atoms with Crippen molar-refractivity contribution in [2.24, 2.45) is 5.92 Å². The lowest BCUT2D eigenvalue weighted by Crippen LogP contribution is -2.53. The van der Waals surface area contributed by atoms with Crippen molar-refractivity contribution in [3.63, 3.8) is 0 Å². The molecule has 0 radical (unpaired) electrons. The van der Waals surface area contributed by atoms with Crippen molar-refractivity contribution in [2.45, 2.75) is 31.8 Å². The monoisotopic (exact) mass is 401 g/mol. The molecule has 0 bridgehead atoms. The van der Waals surface area contributed by atoms with E-state index in [-0.39, 0.29) is 36.4 Å². The number of carbonyl (C=O) groups excluding carboxylic acids is 3. The van der Waals surface area contributed by atoms with Crippen LogP contribution in [0.3, 0.4) is 0 Å². The first kappa shape index (κ1) is 19.7. The molecular formula is C21H27N3O5. The highest BCUT2D eigenvalue weighted by Crippen LogP contribution is 2.30. The molecule has 1 aromatic carbocycles. The van der Waals surface area contributed by atoms with Gasteiger partial charge in [0, 0.05) is 50.5 Å². The number of nitrogens with one attached hydrogen (secondary N) is 1. The van der Waals surface area contributed by atoms with E-state index in [1.807, 2.05) is 0 Å². The van der Waals surface area contributed by atoms with E-state index in [0.717, 1.165) is 25.7 Å². The summed E-state index contributed by atoms with van der Waals surface area (Å²) in [6.07, 6.45) is 3.30. The van der Waals surface area contributed by atoms with Crippen LogP contribution in [0.1, 0.15) is 25.7 Å². The number of rotatable bonds is 6. The minimum absolute atomic E-state index is 0.0358. The average Bonchev–Trinajstić information content (AvgIpc) is 3.46. The van der Waals surface area contributed by atoms with E-state index in [1.165, 1.54) is 0 Å². The van der Waals surface area contributed by atoms with Crippen molar-refractivity contribution < 1.29 is 23.9 Å². The molecule has 156 valence electrons. The Kier molecular flexibility index (Phi) is 5.99. The molecule has 2 heterocycles. The van der Waals surface area contributed by atoms with Crippen molar-refractivity contribution in [1.29, 1.82) is 0 Å². The number of piperazine rings is 1. The van der Waals surface area contributed by atoms with Crippen LogP contribution in [0, 0.1) is 5.92 Å². The van der Waals surface area contributed by atoms with Crippen molar-refractivity contribution in [3.05, 3.63) is 24.3 Å². The Bertz CT molecular complexity index is 765. The smallest absolute Gasteiger partial charge is 0.260 e. The molecule has 3 aliphatic rings. The molecule has 3 fully saturated rings. The molecule has 2 aliphatic heterocycles. The Hall–Kier alpha value is -2.61. The lowest BCUT2D eigenvalue weighted by atomic mass is 10.2. The van der Waals surface area contributed by atoms with Crippen LogP contribution in [-0.4, -0.2) is 73.0 Å². The topological polar surface area (TPSA) is 88.2 Å². The maximum absolute atomic E-state index is 12.5. The predicted molar refractivity (Wildman–Crippen MR) is 105 cm³/mol. The van der Waals surface area contributed by atoms with Gasteiger partial charge in [-0.25, -0.2) is 0 Å². The van der Waals surface area contributed by atoms with Crippen LogP contribution in [0.5, 0.6) is 5.75 Å². The second-order valence-electron chi connectivity index (χ2n) is 7.79. The highest BCUT2D eigenvalue weighted by Gasteiger charge is 2.31. The summed E-state index contributed by atoms with van der Waals surface area (Å²) in [5.41, 5.74) is 0.674. The fraction of sp³-hybridized carbons (Fsp3) is 0.571. The zero-order valence-electron chi connectivity index (χ0n) is 16.5. The highest BCUT2D eigenvalue weighted by molar-refractivity contribution is 5.94. The molecule has 8 nitrogen and oxygen atoms in total. The predicted octanol–water partition coefficient (Wildman–Crippen LogP) is 1.26. The molecular weight excluding hydrogens is 374 g/mol. The van der Waals surface area contributed by atoms with Crippen molar-refractivity contribution in [1.82, 2.24) is 9.80 Å². The van der Waals surface area contributed by atoms with Gasteiger partial charge in [0.15, 0.2) is 6.61 Å². The summed E-state index contributed by atoms with van der Waals surface area (Å²) in [6, 6.07) is 7.08. The summed E-state index contributed by atoms with van der Waals surface area (Å²) in [6.45, 7) is 2.62. The average molecular weight is 401 g/mol. The standard InChI is InChI=1S/C21H27N3O5/c25-19(23-8-10-24(11-9-23)21(27)18-5-2-12-28-18)14-29-17-4-1-3-16(13-17)22-20(26)15-6-7-15/h1,3-4,13,15,18H,2,5-12,14H2,(H,22,26). The molecule has 4 rings (SSSR count). The van der Waals surface area contributed by atoms with Gasteiger partial charge in [-0.3, -0.25) is 14.4 Å². The van der Waals surface area contributed by atoms with Gasteiger partial charge >= 0.3 is 0 Å². The molecule has 2 saturated heterocycles. The molecule has 1 saturated carbocycles. The minimum Gasteiger partial charge on any atom is -0.484 e. The van der Waals surface area contributed by atoms with E-state index in [2.05, 4.69) is 5.32 Å². The maximum atomic E-state index is 12.5. The Labute approximate surface area is 170 Å². The molecule has 0 aromatic heterocycles. The first-order valence-corrected chi connectivity index (χ1v) is 10.3. The van der Waals surface area contributed by atoms with Gasteiger partial charge in [-0.05, 0) is 37.8 Å². The van der Waals surface area contributed by atoms with Gasteiger partial charge in [0.05, 0.1) is 0 Å². The number of hydrogen-bond acceptors (Lipinski definition) is 5. The fourth-order valence-corrected chi connectivity index (χ4v) is 3.64. The number of carbonyl (C=O) groups is 3. The van der Waals surface area contributed by atoms with Crippen molar-refractivity contribution in [2.75, 3.05) is 44.7 Å².